The van der Waals surface area contributed by atoms with E-state index >= 15 is 0 Å². The lowest BCUT2D eigenvalue weighted by molar-refractivity contribution is 0.0959. The first kappa shape index (κ1) is 22.1. The zero-order valence-corrected chi connectivity index (χ0v) is 19.2. The Morgan fingerprint density at radius 1 is 1.09 bits per heavy atom. The Kier molecular flexibility index (Phi) is 6.27. The number of amides is 3. The van der Waals surface area contributed by atoms with Crippen LogP contribution in [-0.2, 0) is 6.54 Å². The second-order valence-corrected chi connectivity index (χ2v) is 8.92. The Labute approximate surface area is 201 Å². The smallest absolute Gasteiger partial charge is 0.321 e. The molecule has 1 aliphatic rings. The lowest BCUT2D eigenvalue weighted by Gasteiger charge is -2.22. The molecule has 0 atom stereocenters. The van der Waals surface area contributed by atoms with Crippen molar-refractivity contribution in [1.82, 2.24) is 35.1 Å². The first-order chi connectivity index (χ1) is 16.6. The summed E-state index contributed by atoms with van der Waals surface area (Å²) in [5, 5.41) is 6.75. The van der Waals surface area contributed by atoms with Crippen molar-refractivity contribution in [2.45, 2.75) is 44.7 Å². The van der Waals surface area contributed by atoms with Crippen molar-refractivity contribution in [2.24, 2.45) is 0 Å². The maximum atomic E-state index is 13.3. The zero-order valence-electron chi connectivity index (χ0n) is 18.4. The van der Waals surface area contributed by atoms with Crippen molar-refractivity contribution >= 4 is 34.4 Å². The summed E-state index contributed by atoms with van der Waals surface area (Å²) in [6.45, 7) is 0.472. The Bertz CT molecular complexity index is 1330. The molecule has 4 aromatic rings. The monoisotopic (exact) mass is 477 g/mol. The number of carbonyl (C=O) groups excluding carboxylic acids is 2. The minimum atomic E-state index is -0.522. The average molecular weight is 478 g/mol. The highest BCUT2D eigenvalue weighted by Crippen LogP contribution is 2.34. The summed E-state index contributed by atoms with van der Waals surface area (Å²) in [4.78, 5) is 41.4. The van der Waals surface area contributed by atoms with E-state index in [1.165, 1.54) is 12.7 Å². The van der Waals surface area contributed by atoms with Crippen LogP contribution < -0.4 is 10.6 Å². The summed E-state index contributed by atoms with van der Waals surface area (Å²) in [7, 11) is 0. The summed E-state index contributed by atoms with van der Waals surface area (Å²) in [5.41, 5.74) is 3.21. The number of aromatic nitrogens is 5. The Hall–Kier alpha value is -3.72. The number of hydrogen-bond acceptors (Lipinski definition) is 5. The molecular weight excluding hydrogens is 454 g/mol. The maximum absolute atomic E-state index is 13.3. The number of imidazole rings is 1. The van der Waals surface area contributed by atoms with Gasteiger partial charge in [-0.1, -0.05) is 36.9 Å². The second-order valence-electron chi connectivity index (χ2n) is 8.48. The summed E-state index contributed by atoms with van der Waals surface area (Å²) in [5.74, 6) is -0.522. The number of urea groups is 1. The number of benzene rings is 1. The summed E-state index contributed by atoms with van der Waals surface area (Å²) in [6, 6.07) is 4.98. The van der Waals surface area contributed by atoms with Crippen LogP contribution in [0.3, 0.4) is 0 Å². The zero-order chi connectivity index (χ0) is 23.5. The Balaban J connectivity index is 1.48. The van der Waals surface area contributed by atoms with Gasteiger partial charge in [-0.05, 0) is 25.0 Å². The molecule has 3 aromatic heterocycles. The molecule has 0 saturated heterocycles. The third kappa shape index (κ3) is 4.65. The van der Waals surface area contributed by atoms with Crippen molar-refractivity contribution in [3.8, 4) is 11.3 Å². The molecule has 9 nitrogen and oxygen atoms in total. The molecule has 5 rings (SSSR count). The number of nitrogens with one attached hydrogen (secondary N) is 3. The van der Waals surface area contributed by atoms with E-state index in [-0.39, 0.29) is 11.7 Å². The van der Waals surface area contributed by atoms with E-state index in [4.69, 9.17) is 11.6 Å². The van der Waals surface area contributed by atoms with Crippen molar-refractivity contribution in [1.29, 1.82) is 0 Å². The fourth-order valence-electron chi connectivity index (χ4n) is 4.50. The molecule has 1 saturated carbocycles. The normalized spacial score (nSPS) is 14.3. The van der Waals surface area contributed by atoms with E-state index < -0.39 is 11.9 Å². The summed E-state index contributed by atoms with van der Waals surface area (Å²) >= 11 is 6.20. The number of nitrogens with zero attached hydrogens (tertiary/aromatic N) is 4. The minimum Gasteiger partial charge on any atom is -0.350 e. The number of carbonyl (C=O) groups is 2. The van der Waals surface area contributed by atoms with E-state index in [0.29, 0.717) is 22.6 Å². The molecule has 174 valence electrons. The third-order valence-electron chi connectivity index (χ3n) is 6.09. The molecule has 0 unspecified atom stereocenters. The predicted octanol–water partition coefficient (Wildman–Crippen LogP) is 4.30. The molecular formula is C24H24ClN7O2. The number of imide groups is 1. The van der Waals surface area contributed by atoms with Crippen molar-refractivity contribution in [3.63, 3.8) is 0 Å². The van der Waals surface area contributed by atoms with Gasteiger partial charge >= 0.3 is 6.03 Å². The van der Waals surface area contributed by atoms with E-state index in [1.807, 2.05) is 10.6 Å². The van der Waals surface area contributed by atoms with Crippen molar-refractivity contribution in [2.75, 3.05) is 0 Å². The molecule has 3 N–H and O–H groups in total. The van der Waals surface area contributed by atoms with Crippen LogP contribution in [-0.4, -0.2) is 42.5 Å². The second kappa shape index (κ2) is 9.64. The molecule has 10 heteroatoms. The lowest BCUT2D eigenvalue weighted by Crippen LogP contribution is -2.45. The number of H-pyrrole nitrogens is 1. The van der Waals surface area contributed by atoms with Crippen LogP contribution in [0.15, 0.2) is 49.4 Å². The highest BCUT2D eigenvalue weighted by atomic mass is 35.5. The van der Waals surface area contributed by atoms with Gasteiger partial charge < -0.3 is 14.9 Å². The van der Waals surface area contributed by atoms with Gasteiger partial charge in [-0.25, -0.2) is 19.7 Å². The molecule has 0 radical (unpaired) electrons. The molecule has 1 fully saturated rings. The number of aromatic amines is 1. The topological polar surface area (TPSA) is 118 Å². The maximum Gasteiger partial charge on any atom is 0.321 e. The van der Waals surface area contributed by atoms with Crippen LogP contribution in [0.2, 0.25) is 5.02 Å². The van der Waals surface area contributed by atoms with Gasteiger partial charge in [-0.15, -0.1) is 0 Å². The van der Waals surface area contributed by atoms with Crippen LogP contribution in [0.4, 0.5) is 4.79 Å². The molecule has 3 amide bonds. The molecule has 1 aliphatic carbocycles. The van der Waals surface area contributed by atoms with Gasteiger partial charge in [0.25, 0.3) is 5.91 Å². The Morgan fingerprint density at radius 3 is 2.68 bits per heavy atom. The minimum absolute atomic E-state index is 0.0945. The average Bonchev–Trinajstić information content (AvgIpc) is 3.44. The first-order valence-corrected chi connectivity index (χ1v) is 11.6. The van der Waals surface area contributed by atoms with Gasteiger partial charge in [0.1, 0.15) is 12.0 Å². The number of hydrogen-bond donors (Lipinski definition) is 3. The predicted molar refractivity (Wildman–Crippen MR) is 129 cm³/mol. The highest BCUT2D eigenvalue weighted by molar-refractivity contribution is 6.31. The van der Waals surface area contributed by atoms with Crippen LogP contribution in [0.25, 0.3) is 22.2 Å². The number of halogens is 1. The van der Waals surface area contributed by atoms with E-state index in [0.717, 1.165) is 42.3 Å². The SMILES string of the molecule is O=C(NC(=O)c1[nH]c2cc(Cl)ccc2c1-c1cncn1Cc1cncnc1)NC1CCCCC1. The van der Waals surface area contributed by atoms with Gasteiger partial charge in [0.2, 0.25) is 0 Å². The first-order valence-electron chi connectivity index (χ1n) is 11.3. The Morgan fingerprint density at radius 2 is 1.88 bits per heavy atom. The van der Waals surface area contributed by atoms with E-state index in [9.17, 15) is 9.59 Å². The number of rotatable bonds is 5. The summed E-state index contributed by atoms with van der Waals surface area (Å²) < 4.78 is 1.91. The highest BCUT2D eigenvalue weighted by Gasteiger charge is 2.24. The lowest BCUT2D eigenvalue weighted by atomic mass is 9.96. The van der Waals surface area contributed by atoms with Crippen LogP contribution in [0.5, 0.6) is 0 Å². The van der Waals surface area contributed by atoms with Crippen LogP contribution >= 0.6 is 11.6 Å². The van der Waals surface area contributed by atoms with Gasteiger partial charge in [0.05, 0.1) is 24.8 Å². The fourth-order valence-corrected chi connectivity index (χ4v) is 4.68. The summed E-state index contributed by atoms with van der Waals surface area (Å²) in [6.07, 6.45) is 13.5. The molecule has 0 aliphatic heterocycles. The fraction of sp³-hybridized carbons (Fsp3) is 0.292. The molecule has 1 aromatic carbocycles. The quantitative estimate of drug-likeness (QED) is 0.396. The van der Waals surface area contributed by atoms with Crippen LogP contribution in [0, 0.1) is 0 Å². The van der Waals surface area contributed by atoms with E-state index in [1.54, 1.807) is 37.1 Å². The van der Waals surface area contributed by atoms with Gasteiger partial charge in [0, 0.05) is 45.5 Å². The largest absolute Gasteiger partial charge is 0.350 e. The van der Waals surface area contributed by atoms with Crippen molar-refractivity contribution in [3.05, 3.63) is 65.7 Å². The third-order valence-corrected chi connectivity index (χ3v) is 6.33. The molecule has 0 spiro atoms. The standard InChI is InChI=1S/C24H24ClN7O2/c25-16-6-7-18-19(8-16)30-22(23(33)31-24(34)29-17-4-2-1-3-5-17)21(18)20-11-28-14-32(20)12-15-9-26-13-27-10-15/h6-11,13-14,17,30H,1-5,12H2,(H2,29,31,33,34). The molecule has 0 bridgehead atoms. The number of fused-ring (bicyclic) bond motifs is 1. The van der Waals surface area contributed by atoms with Gasteiger partial charge in [-0.2, -0.15) is 0 Å². The van der Waals surface area contributed by atoms with Gasteiger partial charge in [0.15, 0.2) is 0 Å². The van der Waals surface area contributed by atoms with Crippen LogP contribution in [0.1, 0.15) is 48.2 Å². The molecule has 34 heavy (non-hydrogen) atoms. The van der Waals surface area contributed by atoms with Crippen molar-refractivity contribution < 1.29 is 9.59 Å². The molecule has 3 heterocycles. The van der Waals surface area contributed by atoms with Gasteiger partial charge in [-0.3, -0.25) is 10.1 Å². The van der Waals surface area contributed by atoms with E-state index in [2.05, 4.69) is 30.6 Å².